The fraction of sp³-hybridized carbons (Fsp3) is 0.875. The Kier molecular flexibility index (Phi) is 11.7. The molecule has 0 unspecified atom stereocenters. The Bertz CT molecular complexity index is 39.8. The molecule has 0 aromatic heterocycles. The van der Waals surface area contributed by atoms with E-state index in [1.807, 2.05) is 0 Å². The monoisotopic (exact) mass is 120 g/mol. The van der Waals surface area contributed by atoms with Gasteiger partial charge in [-0.2, -0.15) is 19.3 Å². The van der Waals surface area contributed by atoms with Crippen LogP contribution in [0, 0.1) is 5.92 Å². The average Bonchev–Trinajstić information content (AvgIpc) is 1.83. The summed E-state index contributed by atoms with van der Waals surface area (Å²) in [6, 6.07) is 0. The van der Waals surface area contributed by atoms with E-state index < -0.39 is 0 Å². The van der Waals surface area contributed by atoms with Crippen molar-refractivity contribution in [2.45, 2.75) is 46.5 Å². The third-order valence-corrected chi connectivity index (χ3v) is 1.60. The van der Waals surface area contributed by atoms with Gasteiger partial charge in [0.05, 0.1) is 0 Å². The molecular weight excluding hydrogens is 103 g/mol. The Balaban J connectivity index is 0. The molecular formula is C8H17Li. The van der Waals surface area contributed by atoms with Gasteiger partial charge in [0, 0.05) is 0 Å². The molecule has 0 heterocycles. The minimum Gasteiger partial charge on any atom is -0.314 e. The normalized spacial score (nSPS) is 9.33. The van der Waals surface area contributed by atoms with Gasteiger partial charge in [0.15, 0.2) is 0 Å². The predicted molar refractivity (Wildman–Crippen MR) is 38.7 cm³/mol. The fourth-order valence-electron chi connectivity index (χ4n) is 0.957. The standard InChI is InChI=1S/C8H17.Li/c1-4-7-8(5-2)6-3;/h4-7H2,1-3H3;/q-1;+1. The molecule has 0 saturated carbocycles. The number of hydrogen-bond donors (Lipinski definition) is 0. The zero-order valence-corrected chi connectivity index (χ0v) is 7.33. The van der Waals surface area contributed by atoms with E-state index in [0.29, 0.717) is 0 Å². The minimum atomic E-state index is 0. The zero-order chi connectivity index (χ0) is 6.41. The van der Waals surface area contributed by atoms with Gasteiger partial charge in [-0.25, -0.2) is 0 Å². The minimum absolute atomic E-state index is 0. The van der Waals surface area contributed by atoms with Crippen LogP contribution in [0.2, 0.25) is 0 Å². The second-order valence-electron chi connectivity index (χ2n) is 2.21. The molecule has 0 amide bonds. The van der Waals surface area contributed by atoms with Crippen LogP contribution in [0.4, 0.5) is 0 Å². The average molecular weight is 120 g/mol. The van der Waals surface area contributed by atoms with Crippen molar-refractivity contribution in [1.29, 1.82) is 0 Å². The van der Waals surface area contributed by atoms with Crippen molar-refractivity contribution in [2.24, 2.45) is 0 Å². The van der Waals surface area contributed by atoms with Gasteiger partial charge >= 0.3 is 18.9 Å². The van der Waals surface area contributed by atoms with Crippen LogP contribution >= 0.6 is 0 Å². The van der Waals surface area contributed by atoms with Gasteiger partial charge in [-0.3, -0.25) is 0 Å². The fourth-order valence-corrected chi connectivity index (χ4v) is 0.957. The Hall–Kier alpha value is 0.597. The van der Waals surface area contributed by atoms with Crippen molar-refractivity contribution in [2.75, 3.05) is 0 Å². The predicted octanol–water partition coefficient (Wildman–Crippen LogP) is 0.185. The smallest absolute Gasteiger partial charge is 0.314 e. The van der Waals surface area contributed by atoms with Crippen molar-refractivity contribution in [3.8, 4) is 0 Å². The first-order chi connectivity index (χ1) is 3.85. The van der Waals surface area contributed by atoms with Crippen molar-refractivity contribution in [1.82, 2.24) is 0 Å². The van der Waals surface area contributed by atoms with Crippen LogP contribution in [0.25, 0.3) is 0 Å². The summed E-state index contributed by atoms with van der Waals surface area (Å²) in [5, 5.41) is 0. The van der Waals surface area contributed by atoms with Gasteiger partial charge in [0.1, 0.15) is 0 Å². The first-order valence-corrected chi connectivity index (χ1v) is 3.68. The topological polar surface area (TPSA) is 0 Å². The summed E-state index contributed by atoms with van der Waals surface area (Å²) >= 11 is 0. The van der Waals surface area contributed by atoms with Gasteiger partial charge in [-0.05, 0) is 0 Å². The molecule has 0 aliphatic carbocycles. The quantitative estimate of drug-likeness (QED) is 0.367. The first kappa shape index (κ1) is 12.3. The summed E-state index contributed by atoms with van der Waals surface area (Å²) in [5.74, 6) is 1.72. The summed E-state index contributed by atoms with van der Waals surface area (Å²) in [4.78, 5) is 0. The summed E-state index contributed by atoms with van der Waals surface area (Å²) in [6.07, 6.45) is 5.22. The SMILES string of the molecule is CCC[C-](CC)CC.[Li+]. The van der Waals surface area contributed by atoms with E-state index in [-0.39, 0.29) is 18.9 Å². The Labute approximate surface area is 71.6 Å². The van der Waals surface area contributed by atoms with Gasteiger partial charge in [-0.15, -0.1) is 0 Å². The van der Waals surface area contributed by atoms with Gasteiger partial charge in [-0.1, -0.05) is 27.2 Å². The molecule has 0 aromatic carbocycles. The van der Waals surface area contributed by atoms with Gasteiger partial charge in [0.25, 0.3) is 0 Å². The molecule has 0 fully saturated rings. The molecule has 0 spiro atoms. The van der Waals surface area contributed by atoms with E-state index in [4.69, 9.17) is 0 Å². The summed E-state index contributed by atoms with van der Waals surface area (Å²) in [7, 11) is 0. The van der Waals surface area contributed by atoms with E-state index in [9.17, 15) is 0 Å². The third kappa shape index (κ3) is 6.48. The molecule has 0 aromatic rings. The molecule has 0 atom stereocenters. The molecule has 0 rings (SSSR count). The maximum absolute atomic E-state index is 2.24. The first-order valence-electron chi connectivity index (χ1n) is 3.68. The van der Waals surface area contributed by atoms with E-state index in [1.165, 1.54) is 25.7 Å². The van der Waals surface area contributed by atoms with Crippen LogP contribution < -0.4 is 18.9 Å². The van der Waals surface area contributed by atoms with Crippen molar-refractivity contribution < 1.29 is 18.9 Å². The van der Waals surface area contributed by atoms with Gasteiger partial charge in [0.2, 0.25) is 0 Å². The van der Waals surface area contributed by atoms with Crippen molar-refractivity contribution in [3.63, 3.8) is 0 Å². The van der Waals surface area contributed by atoms with Crippen LogP contribution in [-0.2, 0) is 0 Å². The molecule has 0 aliphatic heterocycles. The maximum Gasteiger partial charge on any atom is 1.00 e. The number of rotatable bonds is 4. The molecule has 0 aliphatic rings. The Morgan fingerprint density at radius 1 is 1.00 bits per heavy atom. The van der Waals surface area contributed by atoms with Crippen LogP contribution in [0.3, 0.4) is 0 Å². The Morgan fingerprint density at radius 2 is 1.44 bits per heavy atom. The van der Waals surface area contributed by atoms with E-state index in [1.54, 1.807) is 5.92 Å². The molecule has 0 bridgehead atoms. The van der Waals surface area contributed by atoms with Crippen LogP contribution in [0.1, 0.15) is 46.5 Å². The number of hydrogen-bond acceptors (Lipinski definition) is 0. The molecule has 0 radical (unpaired) electrons. The molecule has 1 heteroatoms. The van der Waals surface area contributed by atoms with Crippen LogP contribution in [-0.4, -0.2) is 0 Å². The molecule has 0 N–H and O–H groups in total. The van der Waals surface area contributed by atoms with Crippen LogP contribution in [0.15, 0.2) is 0 Å². The maximum atomic E-state index is 2.24. The molecule has 0 saturated heterocycles. The summed E-state index contributed by atoms with van der Waals surface area (Å²) < 4.78 is 0. The van der Waals surface area contributed by atoms with E-state index >= 15 is 0 Å². The summed E-state index contributed by atoms with van der Waals surface area (Å²) in [5.41, 5.74) is 0. The second-order valence-corrected chi connectivity index (χ2v) is 2.21. The van der Waals surface area contributed by atoms with Crippen molar-refractivity contribution in [3.05, 3.63) is 5.92 Å². The second kappa shape index (κ2) is 8.60. The van der Waals surface area contributed by atoms with Crippen molar-refractivity contribution >= 4 is 0 Å². The molecule has 0 nitrogen and oxygen atoms in total. The van der Waals surface area contributed by atoms with Crippen LogP contribution in [0.5, 0.6) is 0 Å². The molecule has 50 valence electrons. The van der Waals surface area contributed by atoms with Gasteiger partial charge < -0.3 is 5.92 Å². The van der Waals surface area contributed by atoms with E-state index in [2.05, 4.69) is 20.8 Å². The van der Waals surface area contributed by atoms with E-state index in [0.717, 1.165) is 0 Å². The zero-order valence-electron chi connectivity index (χ0n) is 7.33. The largest absolute Gasteiger partial charge is 1.00 e. The summed E-state index contributed by atoms with van der Waals surface area (Å²) in [6.45, 7) is 6.73. The Morgan fingerprint density at radius 3 is 1.56 bits per heavy atom. The molecule has 9 heavy (non-hydrogen) atoms. The third-order valence-electron chi connectivity index (χ3n) is 1.60.